The number of aliphatic carboxylic acids is 1. The van der Waals surface area contributed by atoms with Crippen LogP contribution in [-0.4, -0.2) is 72.5 Å². The van der Waals surface area contributed by atoms with Crippen LogP contribution in [-0.2, 0) is 16.1 Å². The van der Waals surface area contributed by atoms with Gasteiger partial charge in [-0.05, 0) is 66.9 Å². The van der Waals surface area contributed by atoms with E-state index in [0.717, 1.165) is 67.1 Å². The highest BCUT2D eigenvalue weighted by Crippen LogP contribution is 2.34. The maximum atomic E-state index is 13.1. The number of amides is 2. The smallest absolute Gasteiger partial charge is 0.305 e. The minimum absolute atomic E-state index is 0.0230. The Morgan fingerprint density at radius 3 is 2.33 bits per heavy atom. The summed E-state index contributed by atoms with van der Waals surface area (Å²) in [6.07, 6.45) is 1.68. The molecule has 208 valence electrons. The van der Waals surface area contributed by atoms with Crippen LogP contribution < -0.4 is 10.2 Å². The van der Waals surface area contributed by atoms with Gasteiger partial charge in [0.2, 0.25) is 5.91 Å². The number of piperazine rings is 1. The molecular formula is C32H36N4O4. The lowest BCUT2D eigenvalue weighted by Crippen LogP contribution is -2.44. The third kappa shape index (κ3) is 6.87. The second-order valence-electron chi connectivity index (χ2n) is 10.7. The summed E-state index contributed by atoms with van der Waals surface area (Å²) in [4.78, 5) is 43.4. The van der Waals surface area contributed by atoms with E-state index in [-0.39, 0.29) is 30.7 Å². The van der Waals surface area contributed by atoms with Crippen LogP contribution in [0.15, 0.2) is 72.8 Å². The fraction of sp³-hybridized carbons (Fsp3) is 0.344. The molecule has 2 fully saturated rings. The zero-order valence-electron chi connectivity index (χ0n) is 22.9. The molecule has 0 atom stereocenters. The molecule has 8 nitrogen and oxygen atoms in total. The number of anilines is 2. The average molecular weight is 541 g/mol. The topological polar surface area (TPSA) is 93.2 Å². The zero-order valence-corrected chi connectivity index (χ0v) is 22.9. The van der Waals surface area contributed by atoms with Crippen LogP contribution in [0.25, 0.3) is 11.1 Å². The quantitative estimate of drug-likeness (QED) is 0.391. The fourth-order valence-electron chi connectivity index (χ4n) is 5.08. The SMILES string of the molecule is CN1CCN(c2ccc(-c3cccc(CN(CCC(=O)O)C(=O)C4CC4)c3)cc2NC(=O)c2ccccc2)CC1. The van der Waals surface area contributed by atoms with Gasteiger partial charge in [-0.2, -0.15) is 0 Å². The predicted molar refractivity (Wildman–Crippen MR) is 156 cm³/mol. The van der Waals surface area contributed by atoms with Crippen LogP contribution in [0.2, 0.25) is 0 Å². The second kappa shape index (κ2) is 12.3. The Kier molecular flexibility index (Phi) is 8.45. The lowest BCUT2D eigenvalue weighted by atomic mass is 10.0. The summed E-state index contributed by atoms with van der Waals surface area (Å²) >= 11 is 0. The number of carboxylic acids is 1. The molecule has 1 saturated heterocycles. The van der Waals surface area contributed by atoms with E-state index in [1.807, 2.05) is 48.5 Å². The Balaban J connectivity index is 1.41. The van der Waals surface area contributed by atoms with E-state index in [9.17, 15) is 19.5 Å². The van der Waals surface area contributed by atoms with E-state index < -0.39 is 5.97 Å². The minimum atomic E-state index is -0.909. The monoisotopic (exact) mass is 540 g/mol. The van der Waals surface area contributed by atoms with Gasteiger partial charge in [0.05, 0.1) is 17.8 Å². The Hall–Kier alpha value is -4.17. The van der Waals surface area contributed by atoms with Crippen LogP contribution in [0.3, 0.4) is 0 Å². The highest BCUT2D eigenvalue weighted by Gasteiger charge is 2.33. The van der Waals surface area contributed by atoms with Crippen molar-refractivity contribution in [3.05, 3.63) is 83.9 Å². The average Bonchev–Trinajstić information content (AvgIpc) is 3.82. The molecule has 3 aromatic rings. The van der Waals surface area contributed by atoms with Crippen molar-refractivity contribution < 1.29 is 19.5 Å². The van der Waals surface area contributed by atoms with E-state index in [1.165, 1.54) is 0 Å². The number of hydrogen-bond donors (Lipinski definition) is 2. The van der Waals surface area contributed by atoms with E-state index >= 15 is 0 Å². The number of carbonyl (C=O) groups is 3. The van der Waals surface area contributed by atoms with Crippen molar-refractivity contribution in [3.8, 4) is 11.1 Å². The van der Waals surface area contributed by atoms with Gasteiger partial charge in [0, 0.05) is 50.7 Å². The third-order valence-electron chi connectivity index (χ3n) is 7.59. The van der Waals surface area contributed by atoms with Gasteiger partial charge in [-0.25, -0.2) is 0 Å². The molecule has 2 aliphatic rings. The molecule has 1 aliphatic heterocycles. The number of likely N-dealkylation sites (N-methyl/N-ethyl adjacent to an activating group) is 1. The van der Waals surface area contributed by atoms with Gasteiger partial charge in [0.1, 0.15) is 0 Å². The molecule has 8 heteroatoms. The van der Waals surface area contributed by atoms with Crippen LogP contribution in [0, 0.1) is 5.92 Å². The minimum Gasteiger partial charge on any atom is -0.481 e. The number of carboxylic acid groups (broad SMARTS) is 1. The van der Waals surface area contributed by atoms with E-state index in [4.69, 9.17) is 0 Å². The van der Waals surface area contributed by atoms with Gasteiger partial charge in [-0.3, -0.25) is 14.4 Å². The number of nitrogens with zero attached hydrogens (tertiary/aromatic N) is 3. The van der Waals surface area contributed by atoms with Crippen LogP contribution in [0.5, 0.6) is 0 Å². The van der Waals surface area contributed by atoms with E-state index in [1.54, 1.807) is 17.0 Å². The maximum Gasteiger partial charge on any atom is 0.305 e. The normalized spacial score (nSPS) is 15.5. The first-order valence-electron chi connectivity index (χ1n) is 13.9. The molecule has 1 heterocycles. The van der Waals surface area contributed by atoms with Gasteiger partial charge in [-0.15, -0.1) is 0 Å². The van der Waals surface area contributed by atoms with E-state index in [0.29, 0.717) is 12.1 Å². The van der Waals surface area contributed by atoms with Crippen LogP contribution in [0.1, 0.15) is 35.2 Å². The summed E-state index contributed by atoms with van der Waals surface area (Å²) in [5.74, 6) is -1.01. The molecule has 0 radical (unpaired) electrons. The molecular weight excluding hydrogens is 504 g/mol. The number of carbonyl (C=O) groups excluding carboxylic acids is 2. The van der Waals surface area contributed by atoms with Crippen molar-refractivity contribution in [2.45, 2.75) is 25.8 Å². The Morgan fingerprint density at radius 1 is 0.900 bits per heavy atom. The van der Waals surface area contributed by atoms with Gasteiger partial charge in [0.25, 0.3) is 5.91 Å². The summed E-state index contributed by atoms with van der Waals surface area (Å²) in [6, 6.07) is 23.3. The third-order valence-corrected chi connectivity index (χ3v) is 7.59. The molecule has 40 heavy (non-hydrogen) atoms. The lowest BCUT2D eigenvalue weighted by molar-refractivity contribution is -0.139. The summed E-state index contributed by atoms with van der Waals surface area (Å²) in [7, 11) is 2.12. The Bertz CT molecular complexity index is 1360. The number of benzene rings is 3. The molecule has 0 unspecified atom stereocenters. The first-order valence-corrected chi connectivity index (χ1v) is 13.9. The molecule has 5 rings (SSSR count). The van der Waals surface area contributed by atoms with Crippen molar-refractivity contribution in [1.29, 1.82) is 0 Å². The summed E-state index contributed by atoms with van der Waals surface area (Å²) in [6.45, 7) is 4.22. The fourth-order valence-corrected chi connectivity index (χ4v) is 5.08. The Morgan fingerprint density at radius 2 is 1.62 bits per heavy atom. The van der Waals surface area contributed by atoms with Crippen LogP contribution >= 0.6 is 0 Å². The Labute approximate surface area is 235 Å². The molecule has 2 N–H and O–H groups in total. The molecule has 3 aromatic carbocycles. The molecule has 0 bridgehead atoms. The van der Waals surface area contributed by atoms with Crippen molar-refractivity contribution in [3.63, 3.8) is 0 Å². The van der Waals surface area contributed by atoms with E-state index in [2.05, 4.69) is 34.3 Å². The summed E-state index contributed by atoms with van der Waals surface area (Å²) in [5.41, 5.74) is 5.21. The highest BCUT2D eigenvalue weighted by molar-refractivity contribution is 6.06. The number of hydrogen-bond acceptors (Lipinski definition) is 5. The van der Waals surface area contributed by atoms with Crippen LogP contribution in [0.4, 0.5) is 11.4 Å². The summed E-state index contributed by atoms with van der Waals surface area (Å²) < 4.78 is 0. The molecule has 2 amide bonds. The lowest BCUT2D eigenvalue weighted by Gasteiger charge is -2.35. The standard InChI is InChI=1S/C32H36N4O4/c1-34-16-18-35(19-17-34)29-13-12-27(21-28(29)33-31(39)24-7-3-2-4-8-24)26-9-5-6-23(20-26)22-36(15-14-30(37)38)32(40)25-10-11-25/h2-9,12-13,20-21,25H,10-11,14-19,22H2,1H3,(H,33,39)(H,37,38). The molecule has 1 aliphatic carbocycles. The largest absolute Gasteiger partial charge is 0.481 e. The van der Waals surface area contributed by atoms with Crippen molar-refractivity contribution >= 4 is 29.2 Å². The van der Waals surface area contributed by atoms with Gasteiger partial charge in [-0.1, -0.05) is 42.5 Å². The van der Waals surface area contributed by atoms with Gasteiger partial charge in [0.15, 0.2) is 0 Å². The van der Waals surface area contributed by atoms with Crippen molar-refractivity contribution in [1.82, 2.24) is 9.80 Å². The number of nitrogens with one attached hydrogen (secondary N) is 1. The summed E-state index contributed by atoms with van der Waals surface area (Å²) in [5, 5.41) is 12.3. The second-order valence-corrected chi connectivity index (χ2v) is 10.7. The molecule has 1 saturated carbocycles. The molecule has 0 aromatic heterocycles. The molecule has 0 spiro atoms. The first kappa shape index (κ1) is 27.4. The zero-order chi connectivity index (χ0) is 28.1. The van der Waals surface area contributed by atoms with Gasteiger partial charge >= 0.3 is 5.97 Å². The predicted octanol–water partition coefficient (Wildman–Crippen LogP) is 4.57. The van der Waals surface area contributed by atoms with Crippen molar-refractivity contribution in [2.24, 2.45) is 5.92 Å². The first-order chi connectivity index (χ1) is 19.4. The number of rotatable bonds is 10. The van der Waals surface area contributed by atoms with Crippen molar-refractivity contribution in [2.75, 3.05) is 50.0 Å². The highest BCUT2D eigenvalue weighted by atomic mass is 16.4. The van der Waals surface area contributed by atoms with Gasteiger partial charge < -0.3 is 25.1 Å². The maximum absolute atomic E-state index is 13.1.